The number of aryl methyl sites for hydroxylation is 1. The zero-order valence-corrected chi connectivity index (χ0v) is 12.6. The molecule has 0 fully saturated rings. The molecule has 0 aromatic carbocycles. The highest BCUT2D eigenvalue weighted by Gasteiger charge is 2.28. The lowest BCUT2D eigenvalue weighted by Gasteiger charge is -2.27. The van der Waals surface area contributed by atoms with Gasteiger partial charge in [0.1, 0.15) is 6.04 Å². The summed E-state index contributed by atoms with van der Waals surface area (Å²) in [7, 11) is 0. The first-order chi connectivity index (χ1) is 8.69. The second kappa shape index (κ2) is 7.85. The molecule has 0 radical (unpaired) electrons. The minimum Gasteiger partial charge on any atom is -0.351 e. The number of nitrogens with two attached hydrogens (primary N) is 1. The van der Waals surface area contributed by atoms with Gasteiger partial charge in [-0.25, -0.2) is 5.43 Å². The highest BCUT2D eigenvalue weighted by atomic mass is 79.9. The van der Waals surface area contributed by atoms with E-state index in [1.54, 1.807) is 6.20 Å². The molecular weight excluding hydrogens is 300 g/mol. The third-order valence-electron chi connectivity index (χ3n) is 2.54. The Morgan fingerprint density at radius 2 is 2.00 bits per heavy atom. The fourth-order valence-electron chi connectivity index (χ4n) is 1.79. The fraction of sp³-hybridized carbons (Fsp3) is 0.727. The van der Waals surface area contributed by atoms with Crippen molar-refractivity contribution in [2.24, 2.45) is 5.84 Å². The lowest BCUT2D eigenvalue weighted by molar-refractivity contribution is -0.156. The molecule has 0 saturated carbocycles. The minimum atomic E-state index is -0.441. The molecule has 1 rings (SSSR count). The zero-order chi connectivity index (χ0) is 13.5. The Morgan fingerprint density at radius 1 is 1.39 bits per heavy atom. The summed E-state index contributed by atoms with van der Waals surface area (Å²) in [5.41, 5.74) is 3.67. The van der Waals surface area contributed by atoms with Crippen molar-refractivity contribution in [3.63, 3.8) is 0 Å². The molecule has 104 valence electrons. The molecule has 18 heavy (non-hydrogen) atoms. The summed E-state index contributed by atoms with van der Waals surface area (Å²) in [5.74, 6) is 5.65. The summed E-state index contributed by atoms with van der Waals surface area (Å²) in [5, 5.41) is 4.27. The van der Waals surface area contributed by atoms with E-state index in [2.05, 4.69) is 26.5 Å². The molecule has 0 spiro atoms. The van der Waals surface area contributed by atoms with Crippen molar-refractivity contribution in [2.75, 3.05) is 13.2 Å². The van der Waals surface area contributed by atoms with Crippen molar-refractivity contribution in [2.45, 2.75) is 39.6 Å². The second-order valence-electron chi connectivity index (χ2n) is 3.62. The van der Waals surface area contributed by atoms with Crippen LogP contribution >= 0.6 is 15.9 Å². The summed E-state index contributed by atoms with van der Waals surface area (Å²) >= 11 is 3.48. The summed E-state index contributed by atoms with van der Waals surface area (Å²) in [6, 6.07) is -0.276. The van der Waals surface area contributed by atoms with Gasteiger partial charge in [0, 0.05) is 19.8 Å². The van der Waals surface area contributed by atoms with E-state index in [1.165, 1.54) is 0 Å². The van der Waals surface area contributed by atoms with E-state index in [-0.39, 0.29) is 6.04 Å². The van der Waals surface area contributed by atoms with E-state index in [4.69, 9.17) is 15.3 Å². The number of halogens is 1. The maximum Gasteiger partial charge on any atom is 0.179 e. The van der Waals surface area contributed by atoms with Gasteiger partial charge in [0.25, 0.3) is 0 Å². The molecule has 3 N–H and O–H groups in total. The first kappa shape index (κ1) is 15.6. The lowest BCUT2D eigenvalue weighted by Crippen LogP contribution is -2.41. The Kier molecular flexibility index (Phi) is 6.80. The van der Waals surface area contributed by atoms with Crippen LogP contribution in [0.25, 0.3) is 0 Å². The van der Waals surface area contributed by atoms with Crippen LogP contribution in [0.5, 0.6) is 0 Å². The number of nitrogens with zero attached hydrogens (tertiary/aromatic N) is 2. The predicted octanol–water partition coefficient (Wildman–Crippen LogP) is 1.57. The standard InChI is InChI=1S/C11H21BrN4O2/c1-4-16-10(8(12)7-14-16)9(15-13)11(17-5-2)18-6-3/h7,9,11,15H,4-6,13H2,1-3H3. The Balaban J connectivity index is 3.01. The van der Waals surface area contributed by atoms with Gasteiger partial charge in [-0.1, -0.05) is 0 Å². The Bertz CT molecular complexity index is 353. The van der Waals surface area contributed by atoms with Gasteiger partial charge in [-0.05, 0) is 36.7 Å². The van der Waals surface area contributed by atoms with Crippen LogP contribution in [0.3, 0.4) is 0 Å². The summed E-state index contributed by atoms with van der Waals surface area (Å²) in [4.78, 5) is 0. The number of hydrazine groups is 1. The first-order valence-electron chi connectivity index (χ1n) is 6.10. The first-order valence-corrected chi connectivity index (χ1v) is 6.89. The monoisotopic (exact) mass is 320 g/mol. The molecule has 1 aromatic rings. The van der Waals surface area contributed by atoms with E-state index in [0.717, 1.165) is 16.7 Å². The SMILES string of the molecule is CCOC(OCC)C(NN)c1c(Br)cnn1CC. The van der Waals surface area contributed by atoms with Crippen molar-refractivity contribution in [3.05, 3.63) is 16.4 Å². The zero-order valence-electron chi connectivity index (χ0n) is 11.0. The molecular formula is C11H21BrN4O2. The number of nitrogens with one attached hydrogen (secondary N) is 1. The molecule has 1 unspecified atom stereocenters. The van der Waals surface area contributed by atoms with Crippen LogP contribution in [0, 0.1) is 0 Å². The van der Waals surface area contributed by atoms with Crippen LogP contribution in [0.1, 0.15) is 32.5 Å². The van der Waals surface area contributed by atoms with Crippen LogP contribution in [-0.2, 0) is 16.0 Å². The van der Waals surface area contributed by atoms with Crippen molar-refractivity contribution in [1.82, 2.24) is 15.2 Å². The normalized spacial score (nSPS) is 13.2. The quantitative estimate of drug-likeness (QED) is 0.432. The van der Waals surface area contributed by atoms with Gasteiger partial charge in [0.15, 0.2) is 6.29 Å². The molecule has 0 bridgehead atoms. The number of hydrogen-bond donors (Lipinski definition) is 2. The summed E-state index contributed by atoms with van der Waals surface area (Å²) < 4.78 is 13.9. The van der Waals surface area contributed by atoms with Crippen LogP contribution in [0.2, 0.25) is 0 Å². The molecule has 6 nitrogen and oxygen atoms in total. The van der Waals surface area contributed by atoms with E-state index in [0.29, 0.717) is 13.2 Å². The molecule has 0 saturated heterocycles. The Morgan fingerprint density at radius 3 is 2.44 bits per heavy atom. The molecule has 0 aliphatic heterocycles. The van der Waals surface area contributed by atoms with E-state index >= 15 is 0 Å². The average Bonchev–Trinajstić information content (AvgIpc) is 2.73. The maximum absolute atomic E-state index is 5.65. The molecule has 0 aliphatic rings. The predicted molar refractivity (Wildman–Crippen MR) is 72.7 cm³/mol. The number of rotatable bonds is 8. The van der Waals surface area contributed by atoms with Crippen molar-refractivity contribution in [1.29, 1.82) is 0 Å². The van der Waals surface area contributed by atoms with Gasteiger partial charge < -0.3 is 9.47 Å². The lowest BCUT2D eigenvalue weighted by atomic mass is 10.2. The van der Waals surface area contributed by atoms with Gasteiger partial charge in [0.05, 0.1) is 16.4 Å². The summed E-state index contributed by atoms with van der Waals surface area (Å²) in [6.07, 6.45) is 1.31. The van der Waals surface area contributed by atoms with Crippen molar-refractivity contribution >= 4 is 15.9 Å². The molecule has 1 atom stereocenters. The van der Waals surface area contributed by atoms with E-state index in [9.17, 15) is 0 Å². The van der Waals surface area contributed by atoms with Crippen molar-refractivity contribution in [3.8, 4) is 0 Å². The topological polar surface area (TPSA) is 74.3 Å². The third kappa shape index (κ3) is 3.52. The van der Waals surface area contributed by atoms with E-state index in [1.807, 2.05) is 25.5 Å². The number of aromatic nitrogens is 2. The van der Waals surface area contributed by atoms with Crippen LogP contribution in [0.4, 0.5) is 0 Å². The van der Waals surface area contributed by atoms with Gasteiger partial charge >= 0.3 is 0 Å². The van der Waals surface area contributed by atoms with Crippen LogP contribution in [0.15, 0.2) is 10.7 Å². The van der Waals surface area contributed by atoms with E-state index < -0.39 is 6.29 Å². The molecule has 1 heterocycles. The van der Waals surface area contributed by atoms with Gasteiger partial charge in [-0.15, -0.1) is 0 Å². The smallest absolute Gasteiger partial charge is 0.179 e. The number of ether oxygens (including phenoxy) is 2. The van der Waals surface area contributed by atoms with Gasteiger partial charge in [0.2, 0.25) is 0 Å². The van der Waals surface area contributed by atoms with Gasteiger partial charge in [-0.2, -0.15) is 5.10 Å². The van der Waals surface area contributed by atoms with Crippen LogP contribution < -0.4 is 11.3 Å². The average molecular weight is 321 g/mol. The van der Waals surface area contributed by atoms with Crippen molar-refractivity contribution < 1.29 is 9.47 Å². The highest BCUT2D eigenvalue weighted by molar-refractivity contribution is 9.10. The third-order valence-corrected chi connectivity index (χ3v) is 3.15. The molecule has 0 amide bonds. The Labute approximate surface area is 116 Å². The largest absolute Gasteiger partial charge is 0.351 e. The number of hydrogen-bond acceptors (Lipinski definition) is 5. The molecule has 0 aliphatic carbocycles. The molecule has 7 heteroatoms. The van der Waals surface area contributed by atoms with Crippen LogP contribution in [-0.4, -0.2) is 29.3 Å². The molecule has 1 aromatic heterocycles. The highest BCUT2D eigenvalue weighted by Crippen LogP contribution is 2.27. The minimum absolute atomic E-state index is 0.276. The van der Waals surface area contributed by atoms with Gasteiger partial charge in [-0.3, -0.25) is 10.5 Å². The fourth-order valence-corrected chi connectivity index (χ4v) is 2.33. The Hall–Kier alpha value is -0.470. The second-order valence-corrected chi connectivity index (χ2v) is 4.47. The maximum atomic E-state index is 5.65. The summed E-state index contributed by atoms with van der Waals surface area (Å²) in [6.45, 7) is 7.73.